The van der Waals surface area contributed by atoms with E-state index in [1.807, 2.05) is 6.20 Å². The van der Waals surface area contributed by atoms with Gasteiger partial charge in [0.2, 0.25) is 0 Å². The Morgan fingerprint density at radius 1 is 0.600 bits per heavy atom. The van der Waals surface area contributed by atoms with Crippen molar-refractivity contribution in [3.8, 4) is 22.4 Å². The molecule has 2 nitrogen and oxygen atoms in total. The number of aromatic nitrogens is 1. The van der Waals surface area contributed by atoms with E-state index in [1.165, 1.54) is 27.6 Å². The second-order valence-electron chi connectivity index (χ2n) is 7.37. The van der Waals surface area contributed by atoms with Crippen molar-refractivity contribution in [1.29, 1.82) is 0 Å². The summed E-state index contributed by atoms with van der Waals surface area (Å²) >= 11 is 0. The topological polar surface area (TPSA) is 16.1 Å². The maximum absolute atomic E-state index is 4.65. The predicted molar refractivity (Wildman–Crippen MR) is 127 cm³/mol. The monoisotopic (exact) mass is 386 g/mol. The van der Waals surface area contributed by atoms with E-state index >= 15 is 0 Å². The van der Waals surface area contributed by atoms with Crippen LogP contribution in [0, 0.1) is 0 Å². The van der Waals surface area contributed by atoms with Crippen LogP contribution in [0.15, 0.2) is 115 Å². The van der Waals surface area contributed by atoms with E-state index in [-0.39, 0.29) is 0 Å². The summed E-state index contributed by atoms with van der Waals surface area (Å²) in [7, 11) is 2.12. The highest BCUT2D eigenvalue weighted by Crippen LogP contribution is 2.35. The lowest BCUT2D eigenvalue weighted by Crippen LogP contribution is -2.10. The average Bonchev–Trinajstić information content (AvgIpc) is 2.84. The lowest BCUT2D eigenvalue weighted by atomic mass is 10.0. The third-order valence-electron chi connectivity index (χ3n) is 5.55. The van der Waals surface area contributed by atoms with Crippen molar-refractivity contribution in [2.45, 2.75) is 0 Å². The van der Waals surface area contributed by atoms with Gasteiger partial charge in [-0.2, -0.15) is 0 Å². The molecule has 4 aromatic carbocycles. The Labute approximate surface area is 177 Å². The Bertz CT molecular complexity index is 1290. The molecule has 0 saturated heterocycles. The summed E-state index contributed by atoms with van der Waals surface area (Å²) in [5.74, 6) is 0. The van der Waals surface area contributed by atoms with Crippen molar-refractivity contribution in [3.05, 3.63) is 115 Å². The fourth-order valence-corrected chi connectivity index (χ4v) is 3.96. The summed E-state index contributed by atoms with van der Waals surface area (Å²) in [5, 5.41) is 2.39. The van der Waals surface area contributed by atoms with Gasteiger partial charge < -0.3 is 4.90 Å². The zero-order valence-corrected chi connectivity index (χ0v) is 16.9. The van der Waals surface area contributed by atoms with Gasteiger partial charge in [0, 0.05) is 41.1 Å². The van der Waals surface area contributed by atoms with Crippen molar-refractivity contribution < 1.29 is 0 Å². The summed E-state index contributed by atoms with van der Waals surface area (Å²) in [6.07, 6.45) is 1.88. The molecule has 0 aliphatic heterocycles. The van der Waals surface area contributed by atoms with E-state index in [1.54, 1.807) is 0 Å². The molecule has 1 aromatic heterocycles. The second-order valence-corrected chi connectivity index (χ2v) is 7.37. The standard InChI is InChI=1S/C28H22N2/c1-30(27-14-8-7-12-25(27)21-9-3-2-4-10-21)24-17-15-23(16-18-24)28-26-13-6-5-11-22(26)19-20-29-28/h2-20H,1H3. The minimum Gasteiger partial charge on any atom is -0.344 e. The Hall–Kier alpha value is -3.91. The lowest BCUT2D eigenvalue weighted by Gasteiger charge is -2.23. The number of nitrogens with zero attached hydrogens (tertiary/aromatic N) is 2. The highest BCUT2D eigenvalue weighted by Gasteiger charge is 2.11. The fourth-order valence-electron chi connectivity index (χ4n) is 3.96. The number of pyridine rings is 1. The minimum atomic E-state index is 1.02. The van der Waals surface area contributed by atoms with Crippen LogP contribution in [-0.4, -0.2) is 12.0 Å². The molecule has 0 radical (unpaired) electrons. The molecule has 0 aliphatic carbocycles. The fraction of sp³-hybridized carbons (Fsp3) is 0.0357. The first-order valence-corrected chi connectivity index (χ1v) is 10.1. The average molecular weight is 386 g/mol. The number of rotatable bonds is 4. The predicted octanol–water partition coefficient (Wildman–Crippen LogP) is 7.34. The number of anilines is 2. The van der Waals surface area contributed by atoms with Crippen molar-refractivity contribution in [1.82, 2.24) is 4.98 Å². The quantitative estimate of drug-likeness (QED) is 0.321. The van der Waals surface area contributed by atoms with Gasteiger partial charge in [-0.15, -0.1) is 0 Å². The molecule has 0 fully saturated rings. The van der Waals surface area contributed by atoms with Crippen LogP contribution in [0.25, 0.3) is 33.2 Å². The van der Waals surface area contributed by atoms with Crippen LogP contribution >= 0.6 is 0 Å². The highest BCUT2D eigenvalue weighted by atomic mass is 15.1. The van der Waals surface area contributed by atoms with Gasteiger partial charge in [0.15, 0.2) is 0 Å². The number of benzene rings is 4. The molecule has 0 bridgehead atoms. The Morgan fingerprint density at radius 3 is 2.13 bits per heavy atom. The van der Waals surface area contributed by atoms with Gasteiger partial charge in [0.05, 0.1) is 5.69 Å². The van der Waals surface area contributed by atoms with Gasteiger partial charge in [-0.1, -0.05) is 84.9 Å². The van der Waals surface area contributed by atoms with Crippen LogP contribution in [0.4, 0.5) is 11.4 Å². The maximum atomic E-state index is 4.65. The molecule has 0 aliphatic rings. The van der Waals surface area contributed by atoms with E-state index in [9.17, 15) is 0 Å². The Balaban J connectivity index is 1.51. The Morgan fingerprint density at radius 2 is 1.30 bits per heavy atom. The first kappa shape index (κ1) is 18.1. The minimum absolute atomic E-state index is 1.02. The molecule has 2 heteroatoms. The molecule has 0 atom stereocenters. The number of hydrogen-bond acceptors (Lipinski definition) is 2. The molecule has 144 valence electrons. The zero-order chi connectivity index (χ0) is 20.3. The number of hydrogen-bond donors (Lipinski definition) is 0. The molecule has 5 aromatic rings. The molecular weight excluding hydrogens is 364 g/mol. The molecule has 30 heavy (non-hydrogen) atoms. The summed E-state index contributed by atoms with van der Waals surface area (Å²) in [6.45, 7) is 0. The summed E-state index contributed by atoms with van der Waals surface area (Å²) in [5.41, 5.74) is 6.91. The van der Waals surface area contributed by atoms with Crippen LogP contribution in [0.5, 0.6) is 0 Å². The smallest absolute Gasteiger partial charge is 0.0780 e. The molecule has 0 unspecified atom stereocenters. The molecule has 1 heterocycles. The number of fused-ring (bicyclic) bond motifs is 1. The van der Waals surface area contributed by atoms with Gasteiger partial charge in [0.25, 0.3) is 0 Å². The van der Waals surface area contributed by atoms with Crippen molar-refractivity contribution in [2.24, 2.45) is 0 Å². The van der Waals surface area contributed by atoms with Crippen molar-refractivity contribution >= 4 is 22.1 Å². The molecule has 0 spiro atoms. The van der Waals surface area contributed by atoms with Gasteiger partial charge in [-0.25, -0.2) is 0 Å². The molecule has 0 saturated carbocycles. The first-order valence-electron chi connectivity index (χ1n) is 10.1. The van der Waals surface area contributed by atoms with Gasteiger partial charge in [0.1, 0.15) is 0 Å². The normalized spacial score (nSPS) is 10.8. The lowest BCUT2D eigenvalue weighted by molar-refractivity contribution is 1.21. The van der Waals surface area contributed by atoms with E-state index in [4.69, 9.17) is 0 Å². The zero-order valence-electron chi connectivity index (χ0n) is 16.9. The third-order valence-corrected chi connectivity index (χ3v) is 5.55. The van der Waals surface area contributed by atoms with Crippen LogP contribution in [0.2, 0.25) is 0 Å². The second kappa shape index (κ2) is 7.84. The molecular formula is C28H22N2. The molecule has 0 N–H and O–H groups in total. The largest absolute Gasteiger partial charge is 0.344 e. The van der Waals surface area contributed by atoms with Gasteiger partial charge >= 0.3 is 0 Å². The van der Waals surface area contributed by atoms with Gasteiger partial charge in [-0.05, 0) is 35.2 Å². The summed E-state index contributed by atoms with van der Waals surface area (Å²) < 4.78 is 0. The summed E-state index contributed by atoms with van der Waals surface area (Å²) in [4.78, 5) is 6.89. The van der Waals surface area contributed by atoms with E-state index in [2.05, 4.69) is 126 Å². The van der Waals surface area contributed by atoms with Crippen LogP contribution < -0.4 is 4.90 Å². The first-order chi connectivity index (χ1) is 14.8. The highest BCUT2D eigenvalue weighted by molar-refractivity contribution is 5.94. The maximum Gasteiger partial charge on any atom is 0.0780 e. The summed E-state index contributed by atoms with van der Waals surface area (Å²) in [6, 6.07) is 38.2. The van der Waals surface area contributed by atoms with Crippen LogP contribution in [-0.2, 0) is 0 Å². The van der Waals surface area contributed by atoms with Gasteiger partial charge in [-0.3, -0.25) is 4.98 Å². The van der Waals surface area contributed by atoms with Crippen molar-refractivity contribution in [2.75, 3.05) is 11.9 Å². The Kier molecular flexibility index (Phi) is 4.74. The SMILES string of the molecule is CN(c1ccc(-c2nccc3ccccc23)cc1)c1ccccc1-c1ccccc1. The number of para-hydroxylation sites is 1. The van der Waals surface area contributed by atoms with Crippen LogP contribution in [0.3, 0.4) is 0 Å². The third kappa shape index (κ3) is 3.33. The van der Waals surface area contributed by atoms with Crippen LogP contribution in [0.1, 0.15) is 0 Å². The molecule has 0 amide bonds. The van der Waals surface area contributed by atoms with E-state index in [0.29, 0.717) is 0 Å². The van der Waals surface area contributed by atoms with E-state index < -0.39 is 0 Å². The molecule has 5 rings (SSSR count). The van der Waals surface area contributed by atoms with Crippen molar-refractivity contribution in [3.63, 3.8) is 0 Å². The van der Waals surface area contributed by atoms with E-state index in [0.717, 1.165) is 16.9 Å².